The van der Waals surface area contributed by atoms with E-state index in [1.54, 1.807) is 18.2 Å². The SMILES string of the molecule is N#CC1(NC(=O)c2cccc(Br)c2Cl)CCCC1. The maximum absolute atomic E-state index is 12.2. The summed E-state index contributed by atoms with van der Waals surface area (Å²) in [4.78, 5) is 12.2. The van der Waals surface area contributed by atoms with E-state index in [1.807, 2.05) is 0 Å². The Balaban J connectivity index is 2.22. The van der Waals surface area contributed by atoms with Gasteiger partial charge in [-0.15, -0.1) is 0 Å². The molecule has 5 heteroatoms. The molecule has 94 valence electrons. The molecular weight excluding hydrogens is 316 g/mol. The van der Waals surface area contributed by atoms with Crippen LogP contribution in [0.15, 0.2) is 22.7 Å². The molecule has 3 nitrogen and oxygen atoms in total. The molecule has 0 unspecified atom stereocenters. The summed E-state index contributed by atoms with van der Waals surface area (Å²) in [5, 5.41) is 12.4. The summed E-state index contributed by atoms with van der Waals surface area (Å²) in [5.74, 6) is -0.287. The number of rotatable bonds is 2. The van der Waals surface area contributed by atoms with E-state index < -0.39 is 5.54 Å². The molecule has 18 heavy (non-hydrogen) atoms. The lowest BCUT2D eigenvalue weighted by molar-refractivity contribution is 0.0921. The Morgan fingerprint density at radius 3 is 2.72 bits per heavy atom. The lowest BCUT2D eigenvalue weighted by Crippen LogP contribution is -2.45. The Kier molecular flexibility index (Phi) is 3.94. The average molecular weight is 328 g/mol. The molecule has 1 aliphatic rings. The first-order chi connectivity index (χ1) is 8.58. The second-order valence-electron chi connectivity index (χ2n) is 4.46. The van der Waals surface area contributed by atoms with Crippen LogP contribution in [0, 0.1) is 11.3 Å². The van der Waals surface area contributed by atoms with E-state index in [2.05, 4.69) is 27.3 Å². The van der Waals surface area contributed by atoms with Gasteiger partial charge in [-0.3, -0.25) is 4.79 Å². The molecule has 1 aromatic carbocycles. The van der Waals surface area contributed by atoms with Crippen LogP contribution in [-0.4, -0.2) is 11.4 Å². The van der Waals surface area contributed by atoms with Crippen molar-refractivity contribution in [3.05, 3.63) is 33.3 Å². The van der Waals surface area contributed by atoms with Crippen molar-refractivity contribution < 1.29 is 4.79 Å². The van der Waals surface area contributed by atoms with Crippen molar-refractivity contribution in [2.75, 3.05) is 0 Å². The number of nitrogens with one attached hydrogen (secondary N) is 1. The lowest BCUT2D eigenvalue weighted by atomic mass is 9.99. The van der Waals surface area contributed by atoms with Crippen molar-refractivity contribution in [1.29, 1.82) is 5.26 Å². The van der Waals surface area contributed by atoms with Crippen LogP contribution in [0.4, 0.5) is 0 Å². The zero-order valence-electron chi connectivity index (χ0n) is 9.67. The van der Waals surface area contributed by atoms with E-state index in [1.165, 1.54) is 0 Å². The van der Waals surface area contributed by atoms with Gasteiger partial charge in [0.05, 0.1) is 16.7 Å². The molecule has 1 aliphatic carbocycles. The Hall–Kier alpha value is -1.05. The smallest absolute Gasteiger partial charge is 0.254 e. The highest BCUT2D eigenvalue weighted by Crippen LogP contribution is 2.31. The first-order valence-corrected chi connectivity index (χ1v) is 6.93. The van der Waals surface area contributed by atoms with Gasteiger partial charge in [-0.05, 0) is 53.7 Å². The van der Waals surface area contributed by atoms with Gasteiger partial charge in [-0.2, -0.15) is 5.26 Å². The molecule has 1 saturated carbocycles. The van der Waals surface area contributed by atoms with E-state index in [9.17, 15) is 10.1 Å². The third-order valence-corrected chi connectivity index (χ3v) is 4.52. The van der Waals surface area contributed by atoms with Gasteiger partial charge in [0.1, 0.15) is 5.54 Å². The monoisotopic (exact) mass is 326 g/mol. The highest BCUT2D eigenvalue weighted by molar-refractivity contribution is 9.10. The van der Waals surface area contributed by atoms with Gasteiger partial charge >= 0.3 is 0 Å². The standard InChI is InChI=1S/C13H12BrClN2O/c14-10-5-3-4-9(11(10)15)12(18)17-13(8-16)6-1-2-7-13/h3-5H,1-2,6-7H2,(H,17,18). The van der Waals surface area contributed by atoms with Crippen LogP contribution in [-0.2, 0) is 0 Å². The summed E-state index contributed by atoms with van der Waals surface area (Å²) in [6.45, 7) is 0. The minimum absolute atomic E-state index is 0.287. The number of halogens is 2. The third-order valence-electron chi connectivity index (χ3n) is 3.22. The lowest BCUT2D eigenvalue weighted by Gasteiger charge is -2.22. The molecule has 1 aromatic rings. The maximum atomic E-state index is 12.2. The second kappa shape index (κ2) is 5.29. The van der Waals surface area contributed by atoms with Gasteiger partial charge < -0.3 is 5.32 Å². The summed E-state index contributed by atoms with van der Waals surface area (Å²) in [5.41, 5.74) is -0.324. The number of hydrogen-bond donors (Lipinski definition) is 1. The Morgan fingerprint density at radius 2 is 2.11 bits per heavy atom. The summed E-state index contributed by atoms with van der Waals surface area (Å²) in [6.07, 6.45) is 3.36. The zero-order chi connectivity index (χ0) is 13.2. The van der Waals surface area contributed by atoms with Crippen molar-refractivity contribution in [3.8, 4) is 6.07 Å². The first-order valence-electron chi connectivity index (χ1n) is 5.76. The molecule has 2 rings (SSSR count). The van der Waals surface area contributed by atoms with Gasteiger partial charge in [0.15, 0.2) is 0 Å². The van der Waals surface area contributed by atoms with Crippen molar-refractivity contribution in [1.82, 2.24) is 5.32 Å². The molecule has 0 radical (unpaired) electrons. The number of amides is 1. The number of hydrogen-bond acceptors (Lipinski definition) is 2. The van der Waals surface area contributed by atoms with Crippen molar-refractivity contribution >= 4 is 33.4 Å². The molecule has 1 N–H and O–H groups in total. The normalized spacial score (nSPS) is 17.2. The van der Waals surface area contributed by atoms with Crippen molar-refractivity contribution in [2.45, 2.75) is 31.2 Å². The van der Waals surface area contributed by atoms with Crippen LogP contribution >= 0.6 is 27.5 Å². The summed E-state index contributed by atoms with van der Waals surface area (Å²) >= 11 is 9.35. The van der Waals surface area contributed by atoms with Crippen molar-refractivity contribution in [3.63, 3.8) is 0 Å². The quantitative estimate of drug-likeness (QED) is 0.901. The molecule has 1 amide bonds. The molecule has 1 fully saturated rings. The van der Waals surface area contributed by atoms with Gasteiger partial charge in [-0.1, -0.05) is 17.7 Å². The summed E-state index contributed by atoms with van der Waals surface area (Å²) < 4.78 is 0.675. The molecule has 0 bridgehead atoms. The van der Waals surface area contributed by atoms with Crippen molar-refractivity contribution in [2.24, 2.45) is 0 Å². The molecule has 0 saturated heterocycles. The predicted octanol–water partition coefficient (Wildman–Crippen LogP) is 3.67. The molecule has 0 aromatic heterocycles. The Labute approximate surface area is 119 Å². The number of carbonyl (C=O) groups excluding carboxylic acids is 1. The summed E-state index contributed by atoms with van der Waals surface area (Å²) in [6, 6.07) is 7.40. The predicted molar refractivity (Wildman–Crippen MR) is 73.4 cm³/mol. The van der Waals surface area contributed by atoms with E-state index in [-0.39, 0.29) is 5.91 Å². The second-order valence-corrected chi connectivity index (χ2v) is 5.69. The topological polar surface area (TPSA) is 52.9 Å². The van der Waals surface area contributed by atoms with Crippen LogP contribution in [0.2, 0.25) is 5.02 Å². The van der Waals surface area contributed by atoms with E-state index in [4.69, 9.17) is 11.6 Å². The summed E-state index contributed by atoms with van der Waals surface area (Å²) in [7, 11) is 0. The zero-order valence-corrected chi connectivity index (χ0v) is 12.0. The Bertz CT molecular complexity index is 518. The van der Waals surface area contributed by atoms with Crippen LogP contribution in [0.5, 0.6) is 0 Å². The molecular formula is C13H12BrClN2O. The number of nitrogens with zero attached hydrogens (tertiary/aromatic N) is 1. The average Bonchev–Trinajstić information content (AvgIpc) is 2.81. The molecule has 0 heterocycles. The first kappa shape index (κ1) is 13.4. The van der Waals surface area contributed by atoms with E-state index >= 15 is 0 Å². The largest absolute Gasteiger partial charge is 0.334 e. The molecule has 0 atom stereocenters. The fourth-order valence-electron chi connectivity index (χ4n) is 2.21. The van der Waals surface area contributed by atoms with Crippen LogP contribution in [0.3, 0.4) is 0 Å². The minimum atomic E-state index is -0.720. The van der Waals surface area contributed by atoms with Gasteiger partial charge in [-0.25, -0.2) is 0 Å². The van der Waals surface area contributed by atoms with E-state index in [0.717, 1.165) is 12.8 Å². The minimum Gasteiger partial charge on any atom is -0.334 e. The number of nitriles is 1. The highest BCUT2D eigenvalue weighted by atomic mass is 79.9. The van der Waals surface area contributed by atoms with Gasteiger partial charge in [0, 0.05) is 4.47 Å². The number of benzene rings is 1. The fraction of sp³-hybridized carbons (Fsp3) is 0.385. The van der Waals surface area contributed by atoms with Gasteiger partial charge in [0.2, 0.25) is 0 Å². The van der Waals surface area contributed by atoms with E-state index in [0.29, 0.717) is 27.9 Å². The Morgan fingerprint density at radius 1 is 1.44 bits per heavy atom. The molecule has 0 spiro atoms. The highest BCUT2D eigenvalue weighted by Gasteiger charge is 2.35. The van der Waals surface area contributed by atoms with Gasteiger partial charge in [0.25, 0.3) is 5.91 Å². The fourth-order valence-corrected chi connectivity index (χ4v) is 2.79. The molecule has 0 aliphatic heterocycles. The maximum Gasteiger partial charge on any atom is 0.254 e. The van der Waals surface area contributed by atoms with Crippen LogP contribution < -0.4 is 5.32 Å². The number of carbonyl (C=O) groups is 1. The van der Waals surface area contributed by atoms with Crippen LogP contribution in [0.1, 0.15) is 36.0 Å². The van der Waals surface area contributed by atoms with Crippen LogP contribution in [0.25, 0.3) is 0 Å². The third kappa shape index (κ3) is 2.52.